The lowest BCUT2D eigenvalue weighted by Crippen LogP contribution is -2.48. The Labute approximate surface area is 152 Å². The lowest BCUT2D eigenvalue weighted by atomic mass is 9.70. The molecule has 3 heteroatoms. The predicted molar refractivity (Wildman–Crippen MR) is 99.7 cm³/mol. The number of halogens is 1. The highest BCUT2D eigenvalue weighted by Gasteiger charge is 2.40. The van der Waals surface area contributed by atoms with Gasteiger partial charge in [-0.15, -0.1) is 0 Å². The average molecular weight is 343 g/mol. The third-order valence-electron chi connectivity index (χ3n) is 6.69. The maximum absolute atomic E-state index is 14.2. The van der Waals surface area contributed by atoms with Crippen LogP contribution in [-0.2, 0) is 5.41 Å². The SMILES string of the molecule is CC(C)(C)C1CCC(N2CCC(C#N)(c3ccccc3F)CC2)CC1. The molecule has 0 aromatic heterocycles. The minimum absolute atomic E-state index is 0.233. The molecule has 1 aliphatic carbocycles. The van der Waals surface area contributed by atoms with Gasteiger partial charge in [0.15, 0.2) is 0 Å². The zero-order valence-corrected chi connectivity index (χ0v) is 15.9. The van der Waals surface area contributed by atoms with Crippen LogP contribution in [0.15, 0.2) is 24.3 Å². The molecule has 1 saturated carbocycles. The number of nitriles is 1. The summed E-state index contributed by atoms with van der Waals surface area (Å²) in [5.41, 5.74) is 0.353. The highest BCUT2D eigenvalue weighted by atomic mass is 19.1. The fraction of sp³-hybridized carbons (Fsp3) is 0.682. The number of rotatable bonds is 2. The van der Waals surface area contributed by atoms with Gasteiger partial charge in [-0.2, -0.15) is 5.26 Å². The van der Waals surface area contributed by atoms with Gasteiger partial charge in [0.05, 0.1) is 11.5 Å². The maximum Gasteiger partial charge on any atom is 0.128 e. The molecule has 136 valence electrons. The van der Waals surface area contributed by atoms with Gasteiger partial charge >= 0.3 is 0 Å². The van der Waals surface area contributed by atoms with E-state index in [1.54, 1.807) is 12.1 Å². The molecule has 1 aromatic carbocycles. The second-order valence-electron chi connectivity index (χ2n) is 9.08. The number of hydrogen-bond donors (Lipinski definition) is 0. The van der Waals surface area contributed by atoms with Gasteiger partial charge < -0.3 is 4.90 Å². The van der Waals surface area contributed by atoms with Crippen LogP contribution in [0.4, 0.5) is 4.39 Å². The van der Waals surface area contributed by atoms with Crippen molar-refractivity contribution in [2.75, 3.05) is 13.1 Å². The van der Waals surface area contributed by atoms with Crippen LogP contribution in [-0.4, -0.2) is 24.0 Å². The highest BCUT2D eigenvalue weighted by Crippen LogP contribution is 2.41. The summed E-state index contributed by atoms with van der Waals surface area (Å²) >= 11 is 0. The van der Waals surface area contributed by atoms with Crippen LogP contribution < -0.4 is 0 Å². The molecule has 2 aliphatic rings. The molecule has 1 heterocycles. The molecule has 3 rings (SSSR count). The molecule has 0 spiro atoms. The summed E-state index contributed by atoms with van der Waals surface area (Å²) < 4.78 is 14.2. The summed E-state index contributed by atoms with van der Waals surface area (Å²) in [6.07, 6.45) is 6.62. The molecule has 25 heavy (non-hydrogen) atoms. The van der Waals surface area contributed by atoms with E-state index in [2.05, 4.69) is 31.7 Å². The van der Waals surface area contributed by atoms with Crippen molar-refractivity contribution in [2.45, 2.75) is 70.8 Å². The quantitative estimate of drug-likeness (QED) is 0.730. The Morgan fingerprint density at radius 1 is 1.08 bits per heavy atom. The Morgan fingerprint density at radius 3 is 2.20 bits per heavy atom. The number of nitrogens with zero attached hydrogens (tertiary/aromatic N) is 2. The van der Waals surface area contributed by atoms with Crippen molar-refractivity contribution in [2.24, 2.45) is 11.3 Å². The molecular formula is C22H31FN2. The molecule has 0 radical (unpaired) electrons. The summed E-state index contributed by atoms with van der Waals surface area (Å²) in [5, 5.41) is 9.81. The van der Waals surface area contributed by atoms with E-state index in [0.29, 0.717) is 17.0 Å². The van der Waals surface area contributed by atoms with Gasteiger partial charge in [-0.1, -0.05) is 39.0 Å². The zero-order chi connectivity index (χ0) is 18.1. The van der Waals surface area contributed by atoms with Crippen LogP contribution >= 0.6 is 0 Å². The fourth-order valence-electron chi connectivity index (χ4n) is 4.87. The van der Waals surface area contributed by atoms with Crippen LogP contribution in [0.25, 0.3) is 0 Å². The second-order valence-corrected chi connectivity index (χ2v) is 9.08. The topological polar surface area (TPSA) is 27.0 Å². The first-order valence-corrected chi connectivity index (χ1v) is 9.76. The van der Waals surface area contributed by atoms with Crippen molar-refractivity contribution < 1.29 is 4.39 Å². The number of piperidine rings is 1. The number of benzene rings is 1. The molecule has 1 aromatic rings. The lowest BCUT2D eigenvalue weighted by molar-refractivity contribution is 0.0704. The summed E-state index contributed by atoms with van der Waals surface area (Å²) in [4.78, 5) is 2.56. The first-order chi connectivity index (χ1) is 11.9. The van der Waals surface area contributed by atoms with E-state index in [1.165, 1.54) is 31.7 Å². The molecule has 0 bridgehead atoms. The summed E-state index contributed by atoms with van der Waals surface area (Å²) in [5.74, 6) is 0.591. The Bertz CT molecular complexity index is 624. The van der Waals surface area contributed by atoms with E-state index in [0.717, 1.165) is 31.8 Å². The van der Waals surface area contributed by atoms with Crippen LogP contribution in [0.1, 0.15) is 64.9 Å². The van der Waals surface area contributed by atoms with Crippen molar-refractivity contribution in [3.05, 3.63) is 35.6 Å². The van der Waals surface area contributed by atoms with Crippen LogP contribution in [0.5, 0.6) is 0 Å². The van der Waals surface area contributed by atoms with Gasteiger partial charge in [0.1, 0.15) is 5.82 Å². The van der Waals surface area contributed by atoms with E-state index >= 15 is 0 Å². The smallest absolute Gasteiger partial charge is 0.128 e. The first-order valence-electron chi connectivity index (χ1n) is 9.76. The number of likely N-dealkylation sites (tertiary alicyclic amines) is 1. The maximum atomic E-state index is 14.2. The van der Waals surface area contributed by atoms with Gasteiger partial charge in [-0.25, -0.2) is 4.39 Å². The van der Waals surface area contributed by atoms with Gasteiger partial charge in [0.2, 0.25) is 0 Å². The largest absolute Gasteiger partial charge is 0.300 e. The third-order valence-corrected chi connectivity index (χ3v) is 6.69. The van der Waals surface area contributed by atoms with Crippen molar-refractivity contribution >= 4 is 0 Å². The molecule has 0 atom stereocenters. The average Bonchev–Trinajstić information content (AvgIpc) is 2.62. The van der Waals surface area contributed by atoms with Gasteiger partial charge in [0, 0.05) is 24.7 Å². The van der Waals surface area contributed by atoms with Gasteiger partial charge in [-0.3, -0.25) is 0 Å². The van der Waals surface area contributed by atoms with E-state index in [4.69, 9.17) is 0 Å². The normalized spacial score (nSPS) is 27.6. The van der Waals surface area contributed by atoms with Crippen molar-refractivity contribution in [1.29, 1.82) is 5.26 Å². The molecule has 1 aliphatic heterocycles. The zero-order valence-electron chi connectivity index (χ0n) is 15.9. The summed E-state index contributed by atoms with van der Waals surface area (Å²) in [6, 6.07) is 9.93. The summed E-state index contributed by atoms with van der Waals surface area (Å²) in [6.45, 7) is 8.89. The van der Waals surface area contributed by atoms with Crippen molar-refractivity contribution in [3.63, 3.8) is 0 Å². The molecule has 1 saturated heterocycles. The molecule has 0 amide bonds. The van der Waals surface area contributed by atoms with Crippen LogP contribution in [0.3, 0.4) is 0 Å². The Hall–Kier alpha value is -1.40. The molecule has 0 N–H and O–H groups in total. The first kappa shape index (κ1) is 18.4. The Kier molecular flexibility index (Phi) is 5.21. The van der Waals surface area contributed by atoms with Crippen LogP contribution in [0, 0.1) is 28.5 Å². The monoisotopic (exact) mass is 342 g/mol. The van der Waals surface area contributed by atoms with Gasteiger partial charge in [-0.05, 0) is 55.9 Å². The van der Waals surface area contributed by atoms with Crippen molar-refractivity contribution in [1.82, 2.24) is 4.90 Å². The molecule has 2 nitrogen and oxygen atoms in total. The van der Waals surface area contributed by atoms with Crippen molar-refractivity contribution in [3.8, 4) is 6.07 Å². The fourth-order valence-corrected chi connectivity index (χ4v) is 4.87. The molecular weight excluding hydrogens is 311 g/mol. The van der Waals surface area contributed by atoms with E-state index in [9.17, 15) is 9.65 Å². The highest BCUT2D eigenvalue weighted by molar-refractivity contribution is 5.34. The summed E-state index contributed by atoms with van der Waals surface area (Å²) in [7, 11) is 0. The van der Waals surface area contributed by atoms with E-state index in [-0.39, 0.29) is 5.82 Å². The molecule has 2 fully saturated rings. The Balaban J connectivity index is 1.62. The predicted octanol–water partition coefficient (Wildman–Crippen LogP) is 5.29. The minimum atomic E-state index is -0.648. The standard InChI is InChI=1S/C22H31FN2/c1-21(2,3)17-8-10-18(11-9-17)25-14-12-22(16-24,13-15-25)19-6-4-5-7-20(19)23/h4-7,17-18H,8-15H2,1-3H3. The van der Waals surface area contributed by atoms with Gasteiger partial charge in [0.25, 0.3) is 0 Å². The third kappa shape index (κ3) is 3.75. The second kappa shape index (κ2) is 7.08. The molecule has 0 unspecified atom stereocenters. The number of hydrogen-bond acceptors (Lipinski definition) is 2. The Morgan fingerprint density at radius 2 is 1.68 bits per heavy atom. The van der Waals surface area contributed by atoms with Crippen LogP contribution in [0.2, 0.25) is 0 Å². The van der Waals surface area contributed by atoms with E-state index in [1.807, 2.05) is 6.07 Å². The minimum Gasteiger partial charge on any atom is -0.300 e. The van der Waals surface area contributed by atoms with E-state index < -0.39 is 5.41 Å². The lowest BCUT2D eigenvalue weighted by Gasteiger charge is -2.45.